The summed E-state index contributed by atoms with van der Waals surface area (Å²) in [6.07, 6.45) is 4.25. The number of benzene rings is 1. The van der Waals surface area contributed by atoms with E-state index in [-0.39, 0.29) is 5.57 Å². The Kier molecular flexibility index (Phi) is 5.89. The molecule has 0 aromatic heterocycles. The monoisotopic (exact) mass is 339 g/mol. The molecule has 0 unspecified atom stereocenters. The fourth-order valence-electron chi connectivity index (χ4n) is 2.71. The molecule has 1 fully saturated rings. The highest BCUT2D eigenvalue weighted by atomic mass is 16.5. The Bertz CT molecular complexity index is 744. The Labute approximate surface area is 147 Å². The van der Waals surface area contributed by atoms with Crippen LogP contribution in [0.25, 0.3) is 5.57 Å². The SMILES string of the molecule is O=C(O)C1=C=C=C(c2ccc(OCCCN3CCOCC3)cc2)C=C1. The average molecular weight is 339 g/mol. The Morgan fingerprint density at radius 3 is 2.56 bits per heavy atom. The second kappa shape index (κ2) is 8.52. The lowest BCUT2D eigenvalue weighted by molar-refractivity contribution is -0.132. The van der Waals surface area contributed by atoms with Crippen molar-refractivity contribution < 1.29 is 19.4 Å². The van der Waals surface area contributed by atoms with Crippen molar-refractivity contribution in [2.24, 2.45) is 0 Å². The van der Waals surface area contributed by atoms with Crippen LogP contribution in [0, 0.1) is 0 Å². The third kappa shape index (κ3) is 4.96. The lowest BCUT2D eigenvalue weighted by Gasteiger charge is -2.26. The highest BCUT2D eigenvalue weighted by Crippen LogP contribution is 2.21. The highest BCUT2D eigenvalue weighted by molar-refractivity contribution is 5.92. The largest absolute Gasteiger partial charge is 0.494 e. The first-order valence-corrected chi connectivity index (χ1v) is 8.43. The molecule has 1 aromatic carbocycles. The summed E-state index contributed by atoms with van der Waals surface area (Å²) in [6.45, 7) is 5.37. The van der Waals surface area contributed by atoms with Crippen molar-refractivity contribution in [3.63, 3.8) is 0 Å². The fourth-order valence-corrected chi connectivity index (χ4v) is 2.71. The summed E-state index contributed by atoms with van der Waals surface area (Å²) in [5.74, 6) is -0.166. The second-order valence-electron chi connectivity index (χ2n) is 5.90. The van der Waals surface area contributed by atoms with E-state index >= 15 is 0 Å². The van der Waals surface area contributed by atoms with Crippen LogP contribution in [0.15, 0.2) is 53.5 Å². The summed E-state index contributed by atoms with van der Waals surface area (Å²) < 4.78 is 11.1. The predicted octanol–water partition coefficient (Wildman–Crippen LogP) is 2.51. The van der Waals surface area contributed by atoms with E-state index < -0.39 is 5.97 Å². The number of morpholine rings is 1. The summed E-state index contributed by atoms with van der Waals surface area (Å²) in [7, 11) is 0. The van der Waals surface area contributed by atoms with Gasteiger partial charge in [-0.3, -0.25) is 4.90 Å². The van der Waals surface area contributed by atoms with E-state index in [1.807, 2.05) is 24.3 Å². The molecule has 5 nitrogen and oxygen atoms in total. The maximum atomic E-state index is 10.8. The Morgan fingerprint density at radius 2 is 1.92 bits per heavy atom. The molecule has 1 saturated heterocycles. The molecule has 1 heterocycles. The normalized spacial score (nSPS) is 17.1. The van der Waals surface area contributed by atoms with Crippen LogP contribution in [0.1, 0.15) is 12.0 Å². The molecule has 130 valence electrons. The molecule has 2 aliphatic rings. The van der Waals surface area contributed by atoms with Crippen LogP contribution < -0.4 is 4.74 Å². The van der Waals surface area contributed by atoms with Crippen LogP contribution in [0.5, 0.6) is 5.75 Å². The van der Waals surface area contributed by atoms with Crippen molar-refractivity contribution in [1.82, 2.24) is 4.90 Å². The maximum Gasteiger partial charge on any atom is 0.344 e. The first-order valence-electron chi connectivity index (χ1n) is 8.43. The van der Waals surface area contributed by atoms with Crippen LogP contribution in [0.3, 0.4) is 0 Å². The molecule has 0 amide bonds. The van der Waals surface area contributed by atoms with Gasteiger partial charge in [-0.1, -0.05) is 23.6 Å². The number of hydrogen-bond donors (Lipinski definition) is 1. The van der Waals surface area contributed by atoms with Gasteiger partial charge in [0.1, 0.15) is 11.3 Å². The van der Waals surface area contributed by atoms with E-state index in [1.54, 1.807) is 6.08 Å². The zero-order valence-electron chi connectivity index (χ0n) is 14.0. The molecule has 1 aliphatic heterocycles. The molecular formula is C20H21NO4. The van der Waals surface area contributed by atoms with Crippen LogP contribution in [0.2, 0.25) is 0 Å². The van der Waals surface area contributed by atoms with E-state index in [1.165, 1.54) is 6.08 Å². The summed E-state index contributed by atoms with van der Waals surface area (Å²) in [6, 6.07) is 7.72. The van der Waals surface area contributed by atoms with Gasteiger partial charge in [0.15, 0.2) is 0 Å². The van der Waals surface area contributed by atoms with Gasteiger partial charge in [0.2, 0.25) is 0 Å². The molecule has 25 heavy (non-hydrogen) atoms. The van der Waals surface area contributed by atoms with Gasteiger partial charge < -0.3 is 14.6 Å². The summed E-state index contributed by atoms with van der Waals surface area (Å²) in [4.78, 5) is 13.2. The molecule has 0 radical (unpaired) electrons. The summed E-state index contributed by atoms with van der Waals surface area (Å²) >= 11 is 0. The Hall–Kier alpha value is -2.55. The van der Waals surface area contributed by atoms with Crippen molar-refractivity contribution in [3.8, 4) is 5.75 Å². The Balaban J connectivity index is 1.50. The minimum Gasteiger partial charge on any atom is -0.494 e. The number of carboxylic acids is 1. The lowest BCUT2D eigenvalue weighted by atomic mass is 10.0. The second-order valence-corrected chi connectivity index (χ2v) is 5.90. The van der Waals surface area contributed by atoms with Crippen LogP contribution in [-0.2, 0) is 9.53 Å². The number of hydrogen-bond acceptors (Lipinski definition) is 4. The van der Waals surface area contributed by atoms with Gasteiger partial charge in [-0.25, -0.2) is 4.79 Å². The smallest absolute Gasteiger partial charge is 0.344 e. The first-order chi connectivity index (χ1) is 12.2. The van der Waals surface area contributed by atoms with E-state index in [0.717, 1.165) is 56.2 Å². The molecule has 0 saturated carbocycles. The molecular weight excluding hydrogens is 318 g/mol. The molecule has 0 bridgehead atoms. The fraction of sp³-hybridized carbons (Fsp3) is 0.350. The summed E-state index contributed by atoms with van der Waals surface area (Å²) in [5, 5.41) is 8.89. The van der Waals surface area contributed by atoms with Crippen molar-refractivity contribution in [2.45, 2.75) is 6.42 Å². The van der Waals surface area contributed by atoms with Gasteiger partial charge in [-0.15, -0.1) is 0 Å². The first kappa shape index (κ1) is 17.3. The summed E-state index contributed by atoms with van der Waals surface area (Å²) in [5.41, 5.74) is 7.41. The zero-order valence-corrected chi connectivity index (χ0v) is 14.0. The molecule has 1 aromatic rings. The van der Waals surface area contributed by atoms with Gasteiger partial charge in [-0.05, 0) is 36.3 Å². The molecule has 0 spiro atoms. The van der Waals surface area contributed by atoms with Gasteiger partial charge in [-0.2, -0.15) is 0 Å². The minimum atomic E-state index is -0.997. The van der Waals surface area contributed by atoms with Gasteiger partial charge in [0.05, 0.1) is 19.8 Å². The molecule has 1 aliphatic carbocycles. The van der Waals surface area contributed by atoms with Crippen LogP contribution in [0.4, 0.5) is 0 Å². The van der Waals surface area contributed by atoms with Gasteiger partial charge in [0, 0.05) is 25.2 Å². The number of carbonyl (C=O) groups is 1. The Morgan fingerprint density at radius 1 is 1.16 bits per heavy atom. The number of allylic oxidation sites excluding steroid dienone is 2. The number of nitrogens with zero attached hydrogens (tertiary/aromatic N) is 1. The standard InChI is InChI=1S/C20H21NO4/c22-20(23)18-4-2-16(3-5-18)17-6-8-19(9-7-17)25-13-1-10-21-11-14-24-15-12-21/h2,4,6-9H,1,10-15H2,(H,22,23). The van der Waals surface area contributed by atoms with E-state index in [2.05, 4.69) is 16.4 Å². The maximum absolute atomic E-state index is 10.8. The van der Waals surface area contributed by atoms with Gasteiger partial charge in [0.25, 0.3) is 0 Å². The van der Waals surface area contributed by atoms with Crippen LogP contribution >= 0.6 is 0 Å². The number of aliphatic carboxylic acids is 1. The number of carboxylic acid groups (broad SMARTS) is 1. The minimum absolute atomic E-state index is 0.115. The lowest BCUT2D eigenvalue weighted by Crippen LogP contribution is -2.37. The van der Waals surface area contributed by atoms with Crippen molar-refractivity contribution in [1.29, 1.82) is 0 Å². The van der Waals surface area contributed by atoms with Crippen molar-refractivity contribution in [3.05, 3.63) is 59.0 Å². The molecule has 3 rings (SSSR count). The molecule has 5 heteroatoms. The number of rotatable bonds is 7. The third-order valence-corrected chi connectivity index (χ3v) is 4.14. The predicted molar refractivity (Wildman–Crippen MR) is 94.5 cm³/mol. The quantitative estimate of drug-likeness (QED) is 0.611. The topological polar surface area (TPSA) is 59.0 Å². The van der Waals surface area contributed by atoms with E-state index in [0.29, 0.717) is 6.61 Å². The molecule has 1 N–H and O–H groups in total. The highest BCUT2D eigenvalue weighted by Gasteiger charge is 2.09. The van der Waals surface area contributed by atoms with Crippen molar-refractivity contribution >= 4 is 11.5 Å². The molecule has 0 atom stereocenters. The zero-order chi connectivity index (χ0) is 17.5. The van der Waals surface area contributed by atoms with E-state index in [9.17, 15) is 4.79 Å². The van der Waals surface area contributed by atoms with Crippen molar-refractivity contribution in [2.75, 3.05) is 39.5 Å². The number of ether oxygens (including phenoxy) is 2. The third-order valence-electron chi connectivity index (χ3n) is 4.14. The van der Waals surface area contributed by atoms with E-state index in [4.69, 9.17) is 14.6 Å². The average Bonchev–Trinajstić information content (AvgIpc) is 2.67. The van der Waals surface area contributed by atoms with Crippen LogP contribution in [-0.4, -0.2) is 55.4 Å². The van der Waals surface area contributed by atoms with Gasteiger partial charge >= 0.3 is 5.97 Å².